The molecule has 6 heteroatoms. The molecule has 0 unspecified atom stereocenters. The van der Waals surface area contributed by atoms with Crippen molar-refractivity contribution in [3.63, 3.8) is 0 Å². The van der Waals surface area contributed by atoms with Crippen LogP contribution in [0.15, 0.2) is 12.4 Å². The van der Waals surface area contributed by atoms with Crippen LogP contribution in [0.1, 0.15) is 10.4 Å². The van der Waals surface area contributed by atoms with Crippen molar-refractivity contribution in [3.8, 4) is 11.5 Å². The SMILES string of the molecule is NC(=O)c1cc2[nH]cnc2c2c1OCCO2. The third-order valence-corrected chi connectivity index (χ3v) is 2.47. The van der Waals surface area contributed by atoms with E-state index in [4.69, 9.17) is 15.2 Å². The fourth-order valence-corrected chi connectivity index (χ4v) is 1.78. The molecule has 1 aromatic carbocycles. The first-order valence-corrected chi connectivity index (χ1v) is 4.83. The predicted octanol–water partition coefficient (Wildman–Crippen LogP) is 0.433. The first kappa shape index (κ1) is 9.02. The van der Waals surface area contributed by atoms with Gasteiger partial charge < -0.3 is 20.2 Å². The molecule has 16 heavy (non-hydrogen) atoms. The van der Waals surface area contributed by atoms with E-state index in [1.807, 2.05) is 0 Å². The highest BCUT2D eigenvalue weighted by atomic mass is 16.6. The molecule has 0 saturated heterocycles. The number of amides is 1. The predicted molar refractivity (Wildman–Crippen MR) is 55.6 cm³/mol. The van der Waals surface area contributed by atoms with E-state index in [2.05, 4.69) is 9.97 Å². The average molecular weight is 219 g/mol. The van der Waals surface area contributed by atoms with Crippen LogP contribution in [0, 0.1) is 0 Å². The van der Waals surface area contributed by atoms with E-state index in [1.165, 1.54) is 6.33 Å². The van der Waals surface area contributed by atoms with Crippen molar-refractivity contribution in [3.05, 3.63) is 18.0 Å². The molecule has 0 spiro atoms. The topological polar surface area (TPSA) is 90.2 Å². The van der Waals surface area contributed by atoms with Crippen molar-refractivity contribution < 1.29 is 14.3 Å². The Morgan fingerprint density at radius 1 is 1.38 bits per heavy atom. The number of ether oxygens (including phenoxy) is 2. The highest BCUT2D eigenvalue weighted by Gasteiger charge is 2.23. The average Bonchev–Trinajstić information content (AvgIpc) is 2.75. The standard InChI is InChI=1S/C10H9N3O3/c11-10(14)5-3-6-7(13-4-12-6)9-8(5)15-1-2-16-9/h3-4H,1-2H2,(H2,11,14)(H,12,13). The summed E-state index contributed by atoms with van der Waals surface area (Å²) in [6.45, 7) is 0.848. The number of rotatable bonds is 1. The molecule has 82 valence electrons. The van der Waals surface area contributed by atoms with Gasteiger partial charge in [0.25, 0.3) is 5.91 Å². The number of primary amides is 1. The van der Waals surface area contributed by atoms with Gasteiger partial charge in [0.05, 0.1) is 17.4 Å². The van der Waals surface area contributed by atoms with E-state index in [0.717, 1.165) is 0 Å². The molecule has 1 aliphatic heterocycles. The van der Waals surface area contributed by atoms with Crippen LogP contribution in [-0.2, 0) is 0 Å². The van der Waals surface area contributed by atoms with Crippen molar-refractivity contribution in [2.24, 2.45) is 5.73 Å². The van der Waals surface area contributed by atoms with Gasteiger partial charge in [-0.25, -0.2) is 4.98 Å². The third kappa shape index (κ3) is 1.13. The lowest BCUT2D eigenvalue weighted by Crippen LogP contribution is -2.20. The maximum atomic E-state index is 11.3. The molecule has 0 bridgehead atoms. The molecular formula is C10H9N3O3. The normalized spacial score (nSPS) is 14.0. The molecule has 1 amide bonds. The van der Waals surface area contributed by atoms with Gasteiger partial charge in [-0.15, -0.1) is 0 Å². The second-order valence-electron chi connectivity index (χ2n) is 3.44. The number of aromatic nitrogens is 2. The Morgan fingerprint density at radius 2 is 2.12 bits per heavy atom. The fourth-order valence-electron chi connectivity index (χ4n) is 1.78. The molecule has 1 aromatic heterocycles. The third-order valence-electron chi connectivity index (χ3n) is 2.47. The zero-order valence-corrected chi connectivity index (χ0v) is 8.32. The largest absolute Gasteiger partial charge is 0.485 e. The van der Waals surface area contributed by atoms with Gasteiger partial charge in [0.15, 0.2) is 11.5 Å². The Balaban J connectivity index is 2.37. The number of H-pyrrole nitrogens is 1. The van der Waals surface area contributed by atoms with Crippen LogP contribution in [0.5, 0.6) is 11.5 Å². The van der Waals surface area contributed by atoms with Crippen LogP contribution in [0.25, 0.3) is 11.0 Å². The summed E-state index contributed by atoms with van der Waals surface area (Å²) >= 11 is 0. The molecule has 0 aliphatic carbocycles. The van der Waals surface area contributed by atoms with E-state index >= 15 is 0 Å². The van der Waals surface area contributed by atoms with Gasteiger partial charge in [-0.05, 0) is 6.07 Å². The van der Waals surface area contributed by atoms with E-state index in [1.54, 1.807) is 6.07 Å². The Morgan fingerprint density at radius 3 is 2.88 bits per heavy atom. The number of carbonyl (C=O) groups excluding carboxylic acids is 1. The quantitative estimate of drug-likeness (QED) is 0.727. The Labute approximate surface area is 90.4 Å². The Hall–Kier alpha value is -2.24. The highest BCUT2D eigenvalue weighted by molar-refractivity contribution is 6.02. The maximum absolute atomic E-state index is 11.3. The lowest BCUT2D eigenvalue weighted by molar-refractivity contribution is 0.0989. The number of imidazole rings is 1. The van der Waals surface area contributed by atoms with Gasteiger partial charge in [-0.1, -0.05) is 0 Å². The number of hydrogen-bond acceptors (Lipinski definition) is 4. The van der Waals surface area contributed by atoms with Crippen LogP contribution in [-0.4, -0.2) is 29.1 Å². The molecule has 3 N–H and O–H groups in total. The summed E-state index contributed by atoms with van der Waals surface area (Å²) in [7, 11) is 0. The second-order valence-corrected chi connectivity index (χ2v) is 3.44. The van der Waals surface area contributed by atoms with E-state index in [0.29, 0.717) is 41.3 Å². The number of aromatic amines is 1. The van der Waals surface area contributed by atoms with Crippen molar-refractivity contribution in [1.82, 2.24) is 9.97 Å². The number of carbonyl (C=O) groups is 1. The molecule has 0 saturated carbocycles. The van der Waals surface area contributed by atoms with Gasteiger partial charge in [0, 0.05) is 0 Å². The zero-order chi connectivity index (χ0) is 11.1. The first-order valence-electron chi connectivity index (χ1n) is 4.83. The number of nitrogens with zero attached hydrogens (tertiary/aromatic N) is 1. The van der Waals surface area contributed by atoms with Crippen LogP contribution in [0.3, 0.4) is 0 Å². The summed E-state index contributed by atoms with van der Waals surface area (Å²) in [5.74, 6) is 0.329. The molecule has 3 rings (SSSR count). The van der Waals surface area contributed by atoms with Crippen LogP contribution in [0.4, 0.5) is 0 Å². The number of nitrogens with one attached hydrogen (secondary N) is 1. The molecule has 0 atom stereocenters. The number of nitrogens with two attached hydrogens (primary N) is 1. The summed E-state index contributed by atoms with van der Waals surface area (Å²) in [6, 6.07) is 1.62. The minimum atomic E-state index is -0.543. The highest BCUT2D eigenvalue weighted by Crippen LogP contribution is 2.39. The summed E-state index contributed by atoms with van der Waals surface area (Å²) in [5, 5.41) is 0. The Bertz CT molecular complexity index is 576. The minimum absolute atomic E-state index is 0.312. The van der Waals surface area contributed by atoms with Crippen LogP contribution < -0.4 is 15.2 Å². The van der Waals surface area contributed by atoms with Crippen molar-refractivity contribution in [2.75, 3.05) is 13.2 Å². The number of hydrogen-bond donors (Lipinski definition) is 2. The fraction of sp³-hybridized carbons (Fsp3) is 0.200. The number of benzene rings is 1. The van der Waals surface area contributed by atoms with Gasteiger partial charge in [-0.2, -0.15) is 0 Å². The van der Waals surface area contributed by atoms with Gasteiger partial charge in [0.2, 0.25) is 0 Å². The smallest absolute Gasteiger partial charge is 0.252 e. The lowest BCUT2D eigenvalue weighted by atomic mass is 10.1. The summed E-state index contributed by atoms with van der Waals surface area (Å²) in [5.41, 5.74) is 6.96. The van der Waals surface area contributed by atoms with Crippen LogP contribution >= 0.6 is 0 Å². The Kier molecular flexibility index (Phi) is 1.76. The van der Waals surface area contributed by atoms with Gasteiger partial charge in [-0.3, -0.25) is 4.79 Å². The molecule has 2 heterocycles. The van der Waals surface area contributed by atoms with Crippen molar-refractivity contribution in [1.29, 1.82) is 0 Å². The van der Waals surface area contributed by atoms with E-state index in [9.17, 15) is 4.79 Å². The zero-order valence-electron chi connectivity index (χ0n) is 8.32. The van der Waals surface area contributed by atoms with Gasteiger partial charge >= 0.3 is 0 Å². The second kappa shape index (κ2) is 3.13. The molecule has 0 radical (unpaired) electrons. The molecule has 0 fully saturated rings. The monoisotopic (exact) mass is 219 g/mol. The molecule has 2 aromatic rings. The van der Waals surface area contributed by atoms with Crippen molar-refractivity contribution in [2.45, 2.75) is 0 Å². The molecule has 1 aliphatic rings. The molecular weight excluding hydrogens is 210 g/mol. The van der Waals surface area contributed by atoms with Gasteiger partial charge in [0.1, 0.15) is 18.7 Å². The summed E-state index contributed by atoms with van der Waals surface area (Å²) in [4.78, 5) is 18.3. The first-order chi connectivity index (χ1) is 7.77. The van der Waals surface area contributed by atoms with E-state index < -0.39 is 5.91 Å². The van der Waals surface area contributed by atoms with E-state index in [-0.39, 0.29) is 0 Å². The minimum Gasteiger partial charge on any atom is -0.485 e. The number of fused-ring (bicyclic) bond motifs is 3. The maximum Gasteiger partial charge on any atom is 0.252 e. The summed E-state index contributed by atoms with van der Waals surface area (Å²) in [6.07, 6.45) is 1.54. The summed E-state index contributed by atoms with van der Waals surface area (Å²) < 4.78 is 10.9. The van der Waals surface area contributed by atoms with Crippen molar-refractivity contribution >= 4 is 16.9 Å². The van der Waals surface area contributed by atoms with Crippen LogP contribution in [0.2, 0.25) is 0 Å². The lowest BCUT2D eigenvalue weighted by Gasteiger charge is -2.20. The molecule has 6 nitrogen and oxygen atoms in total.